The van der Waals surface area contributed by atoms with Gasteiger partial charge >= 0.3 is 0 Å². The Labute approximate surface area is 121 Å². The van der Waals surface area contributed by atoms with Gasteiger partial charge in [0.1, 0.15) is 5.78 Å². The van der Waals surface area contributed by atoms with Gasteiger partial charge in [0.25, 0.3) is 0 Å². The lowest BCUT2D eigenvalue weighted by molar-refractivity contribution is -0.132. The fraction of sp³-hybridized carbons (Fsp3) is 0.778. The summed E-state index contributed by atoms with van der Waals surface area (Å²) in [5.74, 6) is 4.16. The molecule has 0 aromatic carbocycles. The van der Waals surface area contributed by atoms with Crippen molar-refractivity contribution in [2.45, 2.75) is 51.9 Å². The number of ketones is 2. The molecule has 0 aliphatic heterocycles. The van der Waals surface area contributed by atoms with Gasteiger partial charge in [0.15, 0.2) is 5.78 Å². The normalized spacial score (nSPS) is 50.5. The van der Waals surface area contributed by atoms with E-state index >= 15 is 0 Å². The average Bonchev–Trinajstić information content (AvgIpc) is 2.74. The monoisotopic (exact) mass is 272 g/mol. The summed E-state index contributed by atoms with van der Waals surface area (Å²) in [7, 11) is 0. The summed E-state index contributed by atoms with van der Waals surface area (Å²) in [6, 6.07) is 0. The molecule has 0 N–H and O–H groups in total. The van der Waals surface area contributed by atoms with Crippen LogP contribution in [0.1, 0.15) is 51.9 Å². The van der Waals surface area contributed by atoms with E-state index in [9.17, 15) is 9.59 Å². The first kappa shape index (κ1) is 12.8. The van der Waals surface area contributed by atoms with Crippen LogP contribution in [0.3, 0.4) is 0 Å². The molecule has 0 saturated heterocycles. The number of carbonyl (C=O) groups excluding carboxylic acids is 2. The van der Waals surface area contributed by atoms with Gasteiger partial charge in [-0.25, -0.2) is 0 Å². The molecule has 4 aliphatic rings. The van der Waals surface area contributed by atoms with E-state index in [4.69, 9.17) is 0 Å². The second-order valence-electron chi connectivity index (χ2n) is 7.80. The van der Waals surface area contributed by atoms with Crippen LogP contribution in [0.4, 0.5) is 0 Å². The molecule has 4 rings (SSSR count). The first-order valence-electron chi connectivity index (χ1n) is 8.34. The van der Waals surface area contributed by atoms with Crippen molar-refractivity contribution in [2.75, 3.05) is 0 Å². The van der Waals surface area contributed by atoms with Gasteiger partial charge in [0.2, 0.25) is 0 Å². The highest BCUT2D eigenvalue weighted by Gasteiger charge is 2.56. The maximum atomic E-state index is 12.3. The van der Waals surface area contributed by atoms with E-state index in [2.05, 4.69) is 13.0 Å². The van der Waals surface area contributed by atoms with E-state index in [0.717, 1.165) is 37.5 Å². The van der Waals surface area contributed by atoms with Crippen molar-refractivity contribution in [3.63, 3.8) is 0 Å². The van der Waals surface area contributed by atoms with Crippen LogP contribution in [0.15, 0.2) is 12.2 Å². The van der Waals surface area contributed by atoms with Crippen molar-refractivity contribution >= 4 is 11.6 Å². The summed E-state index contributed by atoms with van der Waals surface area (Å²) < 4.78 is 0. The molecule has 2 nitrogen and oxygen atoms in total. The Bertz CT molecular complexity index is 492. The molecular weight excluding hydrogens is 248 g/mol. The zero-order chi connectivity index (χ0) is 13.9. The van der Waals surface area contributed by atoms with E-state index in [1.165, 1.54) is 19.3 Å². The quantitative estimate of drug-likeness (QED) is 0.676. The van der Waals surface area contributed by atoms with Crippen LogP contribution in [0.2, 0.25) is 0 Å². The minimum atomic E-state index is -0.0117. The molecule has 4 aliphatic carbocycles. The van der Waals surface area contributed by atoms with Gasteiger partial charge in [-0.15, -0.1) is 0 Å². The van der Waals surface area contributed by atoms with Gasteiger partial charge in [0, 0.05) is 18.3 Å². The molecule has 108 valence electrons. The molecule has 20 heavy (non-hydrogen) atoms. The van der Waals surface area contributed by atoms with Crippen molar-refractivity contribution in [3.8, 4) is 0 Å². The molecule has 0 radical (unpaired) electrons. The molecule has 0 spiro atoms. The van der Waals surface area contributed by atoms with Crippen molar-refractivity contribution in [2.24, 2.45) is 35.0 Å². The lowest BCUT2D eigenvalue weighted by Crippen LogP contribution is -2.47. The highest BCUT2D eigenvalue weighted by molar-refractivity contribution is 5.90. The van der Waals surface area contributed by atoms with Crippen LogP contribution in [0.5, 0.6) is 0 Å². The Morgan fingerprint density at radius 2 is 1.95 bits per heavy atom. The predicted molar refractivity (Wildman–Crippen MR) is 77.0 cm³/mol. The number of hydrogen-bond acceptors (Lipinski definition) is 2. The van der Waals surface area contributed by atoms with E-state index in [-0.39, 0.29) is 5.41 Å². The van der Waals surface area contributed by atoms with Gasteiger partial charge in [0.05, 0.1) is 0 Å². The third-order valence-corrected chi connectivity index (χ3v) is 7.08. The summed E-state index contributed by atoms with van der Waals surface area (Å²) in [6.45, 7) is 2.23. The van der Waals surface area contributed by atoms with Crippen molar-refractivity contribution in [3.05, 3.63) is 12.2 Å². The second-order valence-corrected chi connectivity index (χ2v) is 7.80. The topological polar surface area (TPSA) is 34.1 Å². The first-order chi connectivity index (χ1) is 9.59. The molecule has 0 heterocycles. The minimum Gasteiger partial charge on any atom is -0.299 e. The Morgan fingerprint density at radius 3 is 2.80 bits per heavy atom. The lowest BCUT2D eigenvalue weighted by Gasteiger charge is -2.52. The third kappa shape index (κ3) is 1.63. The molecule has 0 amide bonds. The number of Topliss-reactive ketones (excluding diaryl/α,β-unsaturated/α-hetero) is 1. The van der Waals surface area contributed by atoms with Gasteiger partial charge in [-0.2, -0.15) is 0 Å². The fourth-order valence-electron chi connectivity index (χ4n) is 6.01. The second kappa shape index (κ2) is 4.29. The van der Waals surface area contributed by atoms with Crippen LogP contribution >= 0.6 is 0 Å². The van der Waals surface area contributed by atoms with Crippen LogP contribution in [-0.2, 0) is 9.59 Å². The Hall–Kier alpha value is -0.920. The molecule has 3 saturated carbocycles. The van der Waals surface area contributed by atoms with Crippen molar-refractivity contribution < 1.29 is 9.59 Å². The predicted octanol–water partition coefficient (Wildman–Crippen LogP) is 3.55. The van der Waals surface area contributed by atoms with E-state index in [1.807, 2.05) is 6.08 Å². The Morgan fingerprint density at radius 1 is 1.10 bits per heavy atom. The Balaban J connectivity index is 1.64. The SMILES string of the molecule is C[C@]12CC[C@@H]3[C@H]4C=CC(=O)C[C@H]4CC[C@H]3[C@@H]1CCC2=O. The summed E-state index contributed by atoms with van der Waals surface area (Å²) in [6.07, 6.45) is 11.5. The molecule has 0 aromatic heterocycles. The van der Waals surface area contributed by atoms with Crippen LogP contribution in [-0.4, -0.2) is 11.6 Å². The number of fused-ring (bicyclic) bond motifs is 5. The highest BCUT2D eigenvalue weighted by atomic mass is 16.1. The minimum absolute atomic E-state index is 0.0117. The Kier molecular flexibility index (Phi) is 2.74. The fourth-order valence-corrected chi connectivity index (χ4v) is 6.01. The standard InChI is InChI=1S/C18H24O2/c1-18-9-8-14-13-5-3-12(19)10-11(13)2-4-15(14)16(18)6-7-17(18)20/h3,5,11,13-16H,2,4,6-10H2,1H3/t11-,13+,14-,15-,16+,18+/m1/s1. The number of carbonyl (C=O) groups is 2. The summed E-state index contributed by atoms with van der Waals surface area (Å²) in [5.41, 5.74) is -0.0117. The smallest absolute Gasteiger partial charge is 0.155 e. The lowest BCUT2D eigenvalue weighted by atomic mass is 9.51. The third-order valence-electron chi connectivity index (χ3n) is 7.08. The van der Waals surface area contributed by atoms with E-state index < -0.39 is 0 Å². The summed E-state index contributed by atoms with van der Waals surface area (Å²) in [4.78, 5) is 23.9. The molecule has 2 heteroatoms. The maximum Gasteiger partial charge on any atom is 0.155 e. The zero-order valence-corrected chi connectivity index (χ0v) is 12.3. The highest BCUT2D eigenvalue weighted by Crippen LogP contribution is 2.60. The van der Waals surface area contributed by atoms with Gasteiger partial charge in [-0.3, -0.25) is 9.59 Å². The number of allylic oxidation sites excluding steroid dienone is 2. The van der Waals surface area contributed by atoms with E-state index in [0.29, 0.717) is 29.3 Å². The molecule has 3 fully saturated rings. The van der Waals surface area contributed by atoms with Gasteiger partial charge in [-0.1, -0.05) is 13.0 Å². The van der Waals surface area contributed by atoms with Gasteiger partial charge < -0.3 is 0 Å². The van der Waals surface area contributed by atoms with Crippen LogP contribution in [0.25, 0.3) is 0 Å². The largest absolute Gasteiger partial charge is 0.299 e. The number of hydrogen-bond donors (Lipinski definition) is 0. The van der Waals surface area contributed by atoms with E-state index in [1.54, 1.807) is 0 Å². The summed E-state index contributed by atoms with van der Waals surface area (Å²) in [5, 5.41) is 0. The van der Waals surface area contributed by atoms with Crippen LogP contribution < -0.4 is 0 Å². The van der Waals surface area contributed by atoms with Crippen molar-refractivity contribution in [1.82, 2.24) is 0 Å². The molecule has 0 unspecified atom stereocenters. The molecular formula is C18H24O2. The number of rotatable bonds is 0. The first-order valence-corrected chi connectivity index (χ1v) is 8.34. The zero-order valence-electron chi connectivity index (χ0n) is 12.3. The summed E-state index contributed by atoms with van der Waals surface area (Å²) >= 11 is 0. The molecule has 0 aromatic rings. The molecule has 6 atom stereocenters. The van der Waals surface area contributed by atoms with Gasteiger partial charge in [-0.05, 0) is 67.8 Å². The maximum absolute atomic E-state index is 12.3. The van der Waals surface area contributed by atoms with Crippen LogP contribution in [0, 0.1) is 35.0 Å². The average molecular weight is 272 g/mol. The molecule has 0 bridgehead atoms. The van der Waals surface area contributed by atoms with Crippen molar-refractivity contribution in [1.29, 1.82) is 0 Å².